The molecule has 0 amide bonds. The minimum atomic E-state index is -4.13. The minimum absolute atomic E-state index is 0.580. The van der Waals surface area contributed by atoms with Gasteiger partial charge in [0.15, 0.2) is 0 Å². The molecule has 0 fully saturated rings. The van der Waals surface area contributed by atoms with Crippen LogP contribution in [-0.2, 0) is 10.1 Å². The van der Waals surface area contributed by atoms with Crippen molar-refractivity contribution in [1.82, 2.24) is 0 Å². The summed E-state index contributed by atoms with van der Waals surface area (Å²) in [5, 5.41) is 9.35. The first-order chi connectivity index (χ1) is 6.87. The summed E-state index contributed by atoms with van der Waals surface area (Å²) in [5.41, 5.74) is 5.58. The Morgan fingerprint density at radius 1 is 1.27 bits per heavy atom. The van der Waals surface area contributed by atoms with Crippen LogP contribution in [0.4, 0.5) is 0 Å². The second-order valence-corrected chi connectivity index (χ2v) is 5.33. The summed E-state index contributed by atoms with van der Waals surface area (Å²) >= 11 is 0. The largest absolute Gasteiger partial charge is 0.390 e. The van der Waals surface area contributed by atoms with Gasteiger partial charge in [0.05, 0.1) is 6.10 Å². The van der Waals surface area contributed by atoms with Gasteiger partial charge in [0.1, 0.15) is 5.75 Å². The average Bonchev–Trinajstić information content (AvgIpc) is 2.09. The summed E-state index contributed by atoms with van der Waals surface area (Å²) in [4.78, 5) is 0. The number of aliphatic hydroxyl groups is 1. The Labute approximate surface area is 91.4 Å². The van der Waals surface area contributed by atoms with Crippen molar-refractivity contribution in [3.8, 4) is 0 Å². The zero-order chi connectivity index (χ0) is 11.9. The smallest absolute Gasteiger partial charge is 0.267 e. The number of nitrogens with two attached hydrogens (primary N) is 1. The third-order valence-corrected chi connectivity index (χ3v) is 3.03. The molecule has 2 atom stereocenters. The zero-order valence-electron chi connectivity index (χ0n) is 9.09. The molecule has 0 aliphatic rings. The lowest BCUT2D eigenvalue weighted by Gasteiger charge is -2.17. The van der Waals surface area contributed by atoms with Crippen LogP contribution in [0.1, 0.15) is 39.0 Å². The van der Waals surface area contributed by atoms with Crippen LogP contribution in [0.25, 0.3) is 0 Å². The van der Waals surface area contributed by atoms with E-state index in [1.165, 1.54) is 0 Å². The van der Waals surface area contributed by atoms with E-state index in [9.17, 15) is 13.5 Å². The van der Waals surface area contributed by atoms with E-state index in [0.717, 1.165) is 25.7 Å². The molecule has 0 rings (SSSR count). The SMILES string of the molecule is CCCCCCC(N)C(O)CS(=O)(=O)O. The van der Waals surface area contributed by atoms with Crippen molar-refractivity contribution >= 4 is 10.1 Å². The van der Waals surface area contributed by atoms with Crippen LogP contribution < -0.4 is 5.73 Å². The van der Waals surface area contributed by atoms with Gasteiger partial charge in [-0.2, -0.15) is 8.42 Å². The van der Waals surface area contributed by atoms with Gasteiger partial charge in [0.25, 0.3) is 10.1 Å². The molecule has 0 radical (unpaired) electrons. The van der Waals surface area contributed by atoms with Gasteiger partial charge in [0.2, 0.25) is 0 Å². The molecule has 0 aromatic heterocycles. The number of unbranched alkanes of at least 4 members (excludes halogenated alkanes) is 3. The van der Waals surface area contributed by atoms with Crippen molar-refractivity contribution in [2.45, 2.75) is 51.2 Å². The molecule has 0 aromatic rings. The van der Waals surface area contributed by atoms with Gasteiger partial charge in [0, 0.05) is 6.04 Å². The lowest BCUT2D eigenvalue weighted by molar-refractivity contribution is 0.158. The van der Waals surface area contributed by atoms with Gasteiger partial charge in [-0.15, -0.1) is 0 Å². The third kappa shape index (κ3) is 8.80. The van der Waals surface area contributed by atoms with Gasteiger partial charge in [-0.1, -0.05) is 32.6 Å². The highest BCUT2D eigenvalue weighted by atomic mass is 32.2. The Bertz CT molecular complexity index is 253. The molecular formula is C9H21NO4S. The van der Waals surface area contributed by atoms with Crippen molar-refractivity contribution in [2.75, 3.05) is 5.75 Å². The first-order valence-electron chi connectivity index (χ1n) is 5.25. The van der Waals surface area contributed by atoms with Crippen molar-refractivity contribution < 1.29 is 18.1 Å². The standard InChI is InChI=1S/C9H21NO4S/c1-2-3-4-5-6-8(10)9(11)7-15(12,13)14/h8-9,11H,2-7,10H2,1H3,(H,12,13,14). The van der Waals surface area contributed by atoms with E-state index in [4.69, 9.17) is 10.3 Å². The summed E-state index contributed by atoms with van der Waals surface area (Å²) < 4.78 is 29.4. The summed E-state index contributed by atoms with van der Waals surface area (Å²) in [6.07, 6.45) is 3.53. The van der Waals surface area contributed by atoms with Gasteiger partial charge < -0.3 is 10.8 Å². The molecule has 5 nitrogen and oxygen atoms in total. The molecule has 92 valence electrons. The molecule has 0 aliphatic carbocycles. The summed E-state index contributed by atoms with van der Waals surface area (Å²) in [6.45, 7) is 2.09. The Balaban J connectivity index is 3.74. The molecule has 0 heterocycles. The molecule has 0 saturated carbocycles. The van der Waals surface area contributed by atoms with Crippen LogP contribution >= 0.6 is 0 Å². The number of rotatable bonds is 8. The van der Waals surface area contributed by atoms with E-state index in [-0.39, 0.29) is 0 Å². The monoisotopic (exact) mass is 239 g/mol. The maximum Gasteiger partial charge on any atom is 0.267 e. The maximum atomic E-state index is 10.5. The van der Waals surface area contributed by atoms with Crippen LogP contribution in [0.2, 0.25) is 0 Å². The fourth-order valence-corrected chi connectivity index (χ4v) is 2.02. The average molecular weight is 239 g/mol. The molecular weight excluding hydrogens is 218 g/mol. The van der Waals surface area contributed by atoms with Crippen molar-refractivity contribution in [1.29, 1.82) is 0 Å². The first-order valence-corrected chi connectivity index (χ1v) is 6.86. The van der Waals surface area contributed by atoms with Gasteiger partial charge in [-0.05, 0) is 6.42 Å². The molecule has 4 N–H and O–H groups in total. The highest BCUT2D eigenvalue weighted by Crippen LogP contribution is 2.07. The van der Waals surface area contributed by atoms with Crippen molar-refractivity contribution in [3.05, 3.63) is 0 Å². The highest BCUT2D eigenvalue weighted by Gasteiger charge is 2.20. The van der Waals surface area contributed by atoms with Crippen LogP contribution in [0.5, 0.6) is 0 Å². The molecule has 15 heavy (non-hydrogen) atoms. The van der Waals surface area contributed by atoms with Crippen LogP contribution in [0.15, 0.2) is 0 Å². The van der Waals surface area contributed by atoms with E-state index in [1.807, 2.05) is 0 Å². The van der Waals surface area contributed by atoms with Gasteiger partial charge in [-0.25, -0.2) is 0 Å². The van der Waals surface area contributed by atoms with E-state index >= 15 is 0 Å². The van der Waals surface area contributed by atoms with E-state index < -0.39 is 28.0 Å². The topological polar surface area (TPSA) is 101 Å². The Morgan fingerprint density at radius 2 is 1.87 bits per heavy atom. The zero-order valence-corrected chi connectivity index (χ0v) is 9.91. The highest BCUT2D eigenvalue weighted by molar-refractivity contribution is 7.85. The van der Waals surface area contributed by atoms with E-state index in [0.29, 0.717) is 6.42 Å². The van der Waals surface area contributed by atoms with Gasteiger partial charge in [-0.3, -0.25) is 4.55 Å². The molecule has 0 saturated heterocycles. The molecule has 2 unspecified atom stereocenters. The van der Waals surface area contributed by atoms with Crippen molar-refractivity contribution in [3.63, 3.8) is 0 Å². The summed E-state index contributed by atoms with van der Waals surface area (Å²) in [6, 6.07) is -0.580. The van der Waals surface area contributed by atoms with Crippen LogP contribution in [0.3, 0.4) is 0 Å². The number of hydrogen-bond acceptors (Lipinski definition) is 4. The maximum absolute atomic E-state index is 10.5. The second-order valence-electron chi connectivity index (χ2n) is 3.83. The Hall–Kier alpha value is -0.170. The van der Waals surface area contributed by atoms with E-state index in [2.05, 4.69) is 6.92 Å². The molecule has 0 spiro atoms. The fraction of sp³-hybridized carbons (Fsp3) is 1.00. The predicted octanol–water partition coefficient (Wildman–Crippen LogP) is 0.533. The molecule has 6 heteroatoms. The lowest BCUT2D eigenvalue weighted by Crippen LogP contribution is -2.39. The van der Waals surface area contributed by atoms with Crippen molar-refractivity contribution in [2.24, 2.45) is 5.73 Å². The predicted molar refractivity (Wildman–Crippen MR) is 59.2 cm³/mol. The van der Waals surface area contributed by atoms with Crippen LogP contribution in [-0.4, -0.2) is 36.0 Å². The minimum Gasteiger partial charge on any atom is -0.390 e. The Morgan fingerprint density at radius 3 is 2.33 bits per heavy atom. The molecule has 0 aliphatic heterocycles. The normalized spacial score (nSPS) is 16.3. The van der Waals surface area contributed by atoms with Gasteiger partial charge >= 0.3 is 0 Å². The fourth-order valence-electron chi connectivity index (χ4n) is 1.34. The first kappa shape index (κ1) is 14.8. The summed E-state index contributed by atoms with van der Waals surface area (Å²) in [7, 11) is -4.13. The molecule has 0 bridgehead atoms. The second kappa shape index (κ2) is 7.16. The quantitative estimate of drug-likeness (QED) is 0.424. The number of aliphatic hydroxyl groups excluding tert-OH is 1. The molecule has 0 aromatic carbocycles. The lowest BCUT2D eigenvalue weighted by atomic mass is 10.0. The third-order valence-electron chi connectivity index (χ3n) is 2.27. The number of hydrogen-bond donors (Lipinski definition) is 3. The Kier molecular flexibility index (Phi) is 7.08. The van der Waals surface area contributed by atoms with E-state index in [1.54, 1.807) is 0 Å². The van der Waals surface area contributed by atoms with Crippen LogP contribution in [0, 0.1) is 0 Å². The summed E-state index contributed by atoms with van der Waals surface area (Å²) in [5.74, 6) is -0.679.